The number of nitrogens with one attached hydrogen (secondary N) is 1. The van der Waals surface area contributed by atoms with Crippen LogP contribution in [0.5, 0.6) is 5.75 Å². The lowest BCUT2D eigenvalue weighted by atomic mass is 9.95. The average molecular weight is 435 g/mol. The molecule has 2 aliphatic rings. The number of aliphatic carboxylic acids is 1. The highest BCUT2D eigenvalue weighted by molar-refractivity contribution is 5.73. The van der Waals surface area contributed by atoms with E-state index in [0.29, 0.717) is 12.2 Å². The largest absolute Gasteiger partial charge is 0.480 e. The molecule has 2 fully saturated rings. The van der Waals surface area contributed by atoms with E-state index in [1.165, 1.54) is 6.92 Å². The second-order valence-electron chi connectivity index (χ2n) is 7.95. The minimum Gasteiger partial charge on any atom is -0.480 e. The van der Waals surface area contributed by atoms with Crippen LogP contribution in [0.4, 0.5) is 0 Å². The molecule has 0 aliphatic carbocycles. The van der Waals surface area contributed by atoms with Gasteiger partial charge in [0.15, 0.2) is 5.79 Å². The summed E-state index contributed by atoms with van der Waals surface area (Å²) in [5.41, 5.74) is 0.894. The fourth-order valence-electron chi connectivity index (χ4n) is 3.75. The highest BCUT2D eigenvalue weighted by Gasteiger charge is 2.53. The molecular formula is C22H29NO8. The quantitative estimate of drug-likeness (QED) is 0.593. The van der Waals surface area contributed by atoms with Crippen LogP contribution in [0.2, 0.25) is 0 Å². The van der Waals surface area contributed by atoms with Crippen molar-refractivity contribution in [1.29, 1.82) is 0 Å². The maximum absolute atomic E-state index is 12.0. The second kappa shape index (κ2) is 9.78. The van der Waals surface area contributed by atoms with Crippen LogP contribution in [-0.4, -0.2) is 66.6 Å². The molecule has 0 spiro atoms. The maximum Gasteiger partial charge on any atom is 0.329 e. The summed E-state index contributed by atoms with van der Waals surface area (Å²) >= 11 is 0. The van der Waals surface area contributed by atoms with Crippen LogP contribution in [0.25, 0.3) is 0 Å². The van der Waals surface area contributed by atoms with Crippen LogP contribution >= 0.6 is 0 Å². The Balaban J connectivity index is 1.93. The number of benzene rings is 1. The first-order valence-corrected chi connectivity index (χ1v) is 10.1. The Morgan fingerprint density at radius 3 is 2.77 bits per heavy atom. The summed E-state index contributed by atoms with van der Waals surface area (Å²) in [5, 5.41) is 11.9. The Hall–Kier alpha value is -2.46. The Labute approximate surface area is 181 Å². The Morgan fingerprint density at radius 2 is 2.10 bits per heavy atom. The van der Waals surface area contributed by atoms with Crippen LogP contribution in [0.3, 0.4) is 0 Å². The molecule has 5 unspecified atom stereocenters. The number of carbonyl (C=O) groups is 2. The van der Waals surface area contributed by atoms with Crippen molar-refractivity contribution in [2.24, 2.45) is 0 Å². The molecule has 0 saturated carbocycles. The monoisotopic (exact) mass is 435 g/mol. The number of para-hydroxylation sites is 1. The predicted molar refractivity (Wildman–Crippen MR) is 110 cm³/mol. The van der Waals surface area contributed by atoms with E-state index in [0.717, 1.165) is 5.56 Å². The first-order valence-electron chi connectivity index (χ1n) is 10.1. The van der Waals surface area contributed by atoms with Gasteiger partial charge in [-0.3, -0.25) is 4.79 Å². The van der Waals surface area contributed by atoms with Gasteiger partial charge in [-0.15, -0.1) is 6.58 Å². The second-order valence-corrected chi connectivity index (χ2v) is 7.95. The average Bonchev–Trinajstić information content (AvgIpc) is 2.68. The molecular weight excluding hydrogens is 406 g/mol. The third-order valence-corrected chi connectivity index (χ3v) is 5.01. The summed E-state index contributed by atoms with van der Waals surface area (Å²) < 4.78 is 29.7. The van der Waals surface area contributed by atoms with Gasteiger partial charge in [-0.05, 0) is 31.9 Å². The molecule has 0 radical (unpaired) electrons. The molecule has 0 bridgehead atoms. The van der Waals surface area contributed by atoms with E-state index < -0.39 is 49.0 Å². The van der Waals surface area contributed by atoms with Gasteiger partial charge < -0.3 is 34.1 Å². The lowest BCUT2D eigenvalue weighted by Crippen LogP contribution is -2.69. The van der Waals surface area contributed by atoms with Gasteiger partial charge >= 0.3 is 5.97 Å². The molecule has 9 heteroatoms. The number of carbonyl (C=O) groups excluding carboxylic acids is 1. The summed E-state index contributed by atoms with van der Waals surface area (Å²) in [4.78, 5) is 23.2. The van der Waals surface area contributed by atoms with Crippen LogP contribution in [0, 0.1) is 0 Å². The molecule has 1 aromatic carbocycles. The summed E-state index contributed by atoms with van der Waals surface area (Å²) in [6.45, 7) is 8.26. The third kappa shape index (κ3) is 5.82. The van der Waals surface area contributed by atoms with Gasteiger partial charge in [-0.2, -0.15) is 0 Å². The van der Waals surface area contributed by atoms with E-state index in [4.69, 9.17) is 28.8 Å². The maximum atomic E-state index is 12.0. The summed E-state index contributed by atoms with van der Waals surface area (Å²) in [5.74, 6) is -1.82. The number of rotatable bonds is 8. The van der Waals surface area contributed by atoms with E-state index in [1.54, 1.807) is 26.0 Å². The standard InChI is InChI=1S/C22H29NO8/c1-5-8-14-9-6-7-10-15(14)29-21-18(23-13(2)24)20(27-12-17(25)26)19-16(30-21)11-28-22(3,4)31-19/h5-7,9-10,16,18-21H,1,8,11-12H2,2-4H3,(H,23,24)(H,25,26). The van der Waals surface area contributed by atoms with Crippen molar-refractivity contribution in [3.05, 3.63) is 42.5 Å². The highest BCUT2D eigenvalue weighted by Crippen LogP contribution is 2.35. The minimum atomic E-state index is -1.13. The Kier molecular flexibility index (Phi) is 7.32. The van der Waals surface area contributed by atoms with Gasteiger partial charge in [0.1, 0.15) is 36.7 Å². The first kappa shape index (κ1) is 23.2. The number of allylic oxidation sites excluding steroid dienone is 1. The van der Waals surface area contributed by atoms with Crippen molar-refractivity contribution >= 4 is 11.9 Å². The van der Waals surface area contributed by atoms with Gasteiger partial charge in [0.2, 0.25) is 12.2 Å². The van der Waals surface area contributed by atoms with Crippen LogP contribution in [0.15, 0.2) is 36.9 Å². The van der Waals surface area contributed by atoms with E-state index in [1.807, 2.05) is 18.2 Å². The van der Waals surface area contributed by atoms with Crippen molar-refractivity contribution in [2.75, 3.05) is 13.2 Å². The lowest BCUT2D eigenvalue weighted by Gasteiger charge is -2.50. The fourth-order valence-corrected chi connectivity index (χ4v) is 3.75. The smallest absolute Gasteiger partial charge is 0.329 e. The number of amides is 1. The van der Waals surface area contributed by atoms with E-state index in [9.17, 15) is 9.59 Å². The number of hydrogen-bond acceptors (Lipinski definition) is 7. The normalized spacial score (nSPS) is 29.5. The number of fused-ring (bicyclic) bond motifs is 1. The summed E-state index contributed by atoms with van der Waals surface area (Å²) in [6.07, 6.45) is -0.688. The van der Waals surface area contributed by atoms with Crippen molar-refractivity contribution in [3.63, 3.8) is 0 Å². The van der Waals surface area contributed by atoms with Crippen LogP contribution in [-0.2, 0) is 35.0 Å². The molecule has 2 saturated heterocycles. The van der Waals surface area contributed by atoms with E-state index in [2.05, 4.69) is 11.9 Å². The number of ether oxygens (including phenoxy) is 5. The van der Waals surface area contributed by atoms with E-state index in [-0.39, 0.29) is 12.5 Å². The predicted octanol–water partition coefficient (Wildman–Crippen LogP) is 1.64. The van der Waals surface area contributed by atoms with Crippen molar-refractivity contribution in [2.45, 2.75) is 63.6 Å². The lowest BCUT2D eigenvalue weighted by molar-refractivity contribution is -0.364. The van der Waals surface area contributed by atoms with Crippen molar-refractivity contribution < 1.29 is 38.4 Å². The number of carboxylic acids is 1. The zero-order chi connectivity index (χ0) is 22.6. The molecule has 9 nitrogen and oxygen atoms in total. The van der Waals surface area contributed by atoms with E-state index >= 15 is 0 Å². The molecule has 2 aliphatic heterocycles. The summed E-state index contributed by atoms with van der Waals surface area (Å²) in [6, 6.07) is 6.60. The summed E-state index contributed by atoms with van der Waals surface area (Å²) in [7, 11) is 0. The molecule has 5 atom stereocenters. The third-order valence-electron chi connectivity index (χ3n) is 5.01. The van der Waals surface area contributed by atoms with Crippen LogP contribution < -0.4 is 10.1 Å². The van der Waals surface area contributed by atoms with Gasteiger partial charge in [0.25, 0.3) is 0 Å². The van der Waals surface area contributed by atoms with Gasteiger partial charge in [0, 0.05) is 6.92 Å². The minimum absolute atomic E-state index is 0.200. The Bertz CT molecular complexity index is 810. The first-order chi connectivity index (χ1) is 14.7. The molecule has 1 amide bonds. The molecule has 1 aromatic rings. The van der Waals surface area contributed by atoms with Gasteiger partial charge in [-0.25, -0.2) is 4.79 Å². The SMILES string of the molecule is C=CCc1ccccc1OC1OC2COC(C)(C)OC2C(OCC(=O)O)C1NC(C)=O. The van der Waals surface area contributed by atoms with Crippen molar-refractivity contribution in [3.8, 4) is 5.75 Å². The van der Waals surface area contributed by atoms with Crippen molar-refractivity contribution in [1.82, 2.24) is 5.32 Å². The topological polar surface area (TPSA) is 113 Å². The molecule has 2 N–H and O–H groups in total. The molecule has 2 heterocycles. The fraction of sp³-hybridized carbons (Fsp3) is 0.545. The number of carboxylic acid groups (broad SMARTS) is 1. The van der Waals surface area contributed by atoms with Crippen LogP contribution in [0.1, 0.15) is 26.3 Å². The molecule has 31 heavy (non-hydrogen) atoms. The molecule has 0 aromatic heterocycles. The number of hydrogen-bond donors (Lipinski definition) is 2. The van der Waals surface area contributed by atoms with Gasteiger partial charge in [-0.1, -0.05) is 24.3 Å². The van der Waals surface area contributed by atoms with Gasteiger partial charge in [0.05, 0.1) is 6.61 Å². The zero-order valence-corrected chi connectivity index (χ0v) is 17.9. The zero-order valence-electron chi connectivity index (χ0n) is 17.9. The highest BCUT2D eigenvalue weighted by atomic mass is 16.8. The Morgan fingerprint density at radius 1 is 1.35 bits per heavy atom. The molecule has 170 valence electrons. The molecule has 3 rings (SSSR count).